The fourth-order valence-electron chi connectivity index (χ4n) is 11.0. The van der Waals surface area contributed by atoms with Crippen molar-refractivity contribution in [3.63, 3.8) is 0 Å². The van der Waals surface area contributed by atoms with E-state index in [4.69, 9.17) is 4.42 Å². The third-order valence-electron chi connectivity index (χ3n) is 14.9. The van der Waals surface area contributed by atoms with Crippen LogP contribution in [0.5, 0.6) is 0 Å². The second kappa shape index (κ2) is 16.4. The van der Waals surface area contributed by atoms with Gasteiger partial charge in [0, 0.05) is 22.1 Å². The van der Waals surface area contributed by atoms with Gasteiger partial charge in [-0.2, -0.15) is 0 Å². The lowest BCUT2D eigenvalue weighted by Gasteiger charge is -2.25. The van der Waals surface area contributed by atoms with Gasteiger partial charge < -0.3 is 4.42 Å². The minimum atomic E-state index is -0.179. The first-order chi connectivity index (χ1) is 33.9. The van der Waals surface area contributed by atoms with Gasteiger partial charge in [0.05, 0.1) is 0 Å². The van der Waals surface area contributed by atoms with Gasteiger partial charge in [-0.1, -0.05) is 232 Å². The van der Waals surface area contributed by atoms with Crippen molar-refractivity contribution in [2.75, 3.05) is 0 Å². The largest absolute Gasteiger partial charge is 0.456 e. The van der Waals surface area contributed by atoms with E-state index < -0.39 is 0 Å². The number of para-hydroxylation sites is 1. The van der Waals surface area contributed by atoms with Crippen LogP contribution in [0.4, 0.5) is 0 Å². The lowest BCUT2D eigenvalue weighted by Crippen LogP contribution is -2.16. The summed E-state index contributed by atoms with van der Waals surface area (Å²) >= 11 is 0. The molecule has 1 aliphatic rings. The molecule has 13 rings (SSSR count). The molecule has 1 nitrogen and oxygen atoms in total. The summed E-state index contributed by atoms with van der Waals surface area (Å²) in [7, 11) is 0. The Bertz CT molecular complexity index is 3870. The summed E-state index contributed by atoms with van der Waals surface area (Å²) in [6.07, 6.45) is 0. The van der Waals surface area contributed by atoms with Gasteiger partial charge >= 0.3 is 0 Å². The normalized spacial score (nSPS) is 13.1. The fraction of sp³-hybridized carbons (Fsp3) is 0.0588. The van der Waals surface area contributed by atoms with Gasteiger partial charge in [-0.3, -0.25) is 0 Å². The van der Waals surface area contributed by atoms with Crippen LogP contribution in [0, 0.1) is 0 Å². The minimum Gasteiger partial charge on any atom is -0.456 e. The van der Waals surface area contributed by atoms with E-state index in [-0.39, 0.29) is 11.3 Å². The first kappa shape index (κ1) is 40.7. The first-order valence-electron chi connectivity index (χ1n) is 24.1. The van der Waals surface area contributed by atoms with Crippen molar-refractivity contribution in [2.24, 2.45) is 0 Å². The van der Waals surface area contributed by atoms with Crippen molar-refractivity contribution < 1.29 is 4.42 Å². The number of rotatable bonds is 8. The lowest BCUT2D eigenvalue weighted by atomic mass is 9.78. The molecule has 1 heterocycles. The van der Waals surface area contributed by atoms with E-state index in [2.05, 4.69) is 250 Å². The van der Waals surface area contributed by atoms with Crippen LogP contribution in [0.25, 0.3) is 99.5 Å². The highest BCUT2D eigenvalue weighted by atomic mass is 16.3. The molecule has 0 spiro atoms. The maximum atomic E-state index is 6.11. The van der Waals surface area contributed by atoms with E-state index in [1.165, 1.54) is 105 Å². The van der Waals surface area contributed by atoms with Crippen molar-refractivity contribution in [3.05, 3.63) is 277 Å². The third-order valence-corrected chi connectivity index (χ3v) is 14.9. The van der Waals surface area contributed by atoms with E-state index in [1.54, 1.807) is 0 Å². The molecule has 0 saturated heterocycles. The molecular weight excluding hydrogens is 833 g/mol. The summed E-state index contributed by atoms with van der Waals surface area (Å²) in [4.78, 5) is 0. The molecule has 0 bridgehead atoms. The predicted molar refractivity (Wildman–Crippen MR) is 290 cm³/mol. The highest BCUT2D eigenvalue weighted by Crippen LogP contribution is 2.51. The molecule has 0 aliphatic heterocycles. The highest BCUT2D eigenvalue weighted by Gasteiger charge is 2.36. The van der Waals surface area contributed by atoms with E-state index in [9.17, 15) is 0 Å². The molecule has 69 heavy (non-hydrogen) atoms. The number of fused-ring (bicyclic) bond motifs is 7. The van der Waals surface area contributed by atoms with Gasteiger partial charge in [0.2, 0.25) is 0 Å². The Hall–Kier alpha value is -8.52. The van der Waals surface area contributed by atoms with Gasteiger partial charge in [0.25, 0.3) is 0 Å². The molecule has 0 amide bonds. The summed E-state index contributed by atoms with van der Waals surface area (Å²) in [6, 6.07) is 91.6. The molecule has 12 aromatic rings. The van der Waals surface area contributed by atoms with Gasteiger partial charge in [-0.15, -0.1) is 0 Å². The van der Waals surface area contributed by atoms with Crippen LogP contribution in [0.3, 0.4) is 0 Å². The molecule has 0 N–H and O–H groups in total. The highest BCUT2D eigenvalue weighted by molar-refractivity contribution is 6.06. The van der Waals surface area contributed by atoms with Crippen molar-refractivity contribution in [1.82, 2.24) is 0 Å². The predicted octanol–water partition coefficient (Wildman–Crippen LogP) is 18.6. The molecule has 1 unspecified atom stereocenters. The van der Waals surface area contributed by atoms with Crippen molar-refractivity contribution >= 4 is 32.7 Å². The van der Waals surface area contributed by atoms with Crippen LogP contribution in [-0.2, 0) is 5.41 Å². The van der Waals surface area contributed by atoms with Gasteiger partial charge in [-0.25, -0.2) is 0 Å². The lowest BCUT2D eigenvalue weighted by molar-refractivity contribution is 0.659. The smallest absolute Gasteiger partial charge is 0.135 e. The second-order valence-electron chi connectivity index (χ2n) is 19.3. The van der Waals surface area contributed by atoms with Crippen molar-refractivity contribution in [3.8, 4) is 66.8 Å². The van der Waals surface area contributed by atoms with Crippen LogP contribution in [0.2, 0.25) is 0 Å². The van der Waals surface area contributed by atoms with Gasteiger partial charge in [0.15, 0.2) is 0 Å². The molecule has 1 aliphatic carbocycles. The molecular formula is C68H48O. The Morgan fingerprint density at radius 1 is 0.290 bits per heavy atom. The first-order valence-corrected chi connectivity index (χ1v) is 24.1. The van der Waals surface area contributed by atoms with Gasteiger partial charge in [-0.05, 0) is 136 Å². The van der Waals surface area contributed by atoms with Crippen LogP contribution >= 0.6 is 0 Å². The zero-order chi connectivity index (χ0) is 46.1. The molecule has 0 fully saturated rings. The number of furan rings is 1. The van der Waals surface area contributed by atoms with Crippen LogP contribution < -0.4 is 0 Å². The summed E-state index contributed by atoms with van der Waals surface area (Å²) in [6.45, 7) is 4.80. The number of hydrogen-bond acceptors (Lipinski definition) is 1. The Morgan fingerprint density at radius 3 is 1.36 bits per heavy atom. The number of hydrogen-bond donors (Lipinski definition) is 0. The maximum Gasteiger partial charge on any atom is 0.135 e. The molecule has 0 radical (unpaired) electrons. The van der Waals surface area contributed by atoms with E-state index in [1.807, 2.05) is 12.1 Å². The maximum absolute atomic E-state index is 6.11. The zero-order valence-electron chi connectivity index (χ0n) is 38.7. The Balaban J connectivity index is 0.841. The monoisotopic (exact) mass is 880 g/mol. The molecule has 11 aromatic carbocycles. The summed E-state index contributed by atoms with van der Waals surface area (Å²) in [5.74, 6) is 0.0304. The van der Waals surface area contributed by atoms with Gasteiger partial charge in [0.1, 0.15) is 11.2 Å². The quantitative estimate of drug-likeness (QED) is 0.139. The van der Waals surface area contributed by atoms with Crippen molar-refractivity contribution in [2.45, 2.75) is 25.2 Å². The fourth-order valence-corrected chi connectivity index (χ4v) is 11.0. The van der Waals surface area contributed by atoms with E-state index in [0.29, 0.717) is 0 Å². The van der Waals surface area contributed by atoms with E-state index in [0.717, 1.165) is 21.9 Å². The molecule has 1 atom stereocenters. The Morgan fingerprint density at radius 2 is 0.710 bits per heavy atom. The van der Waals surface area contributed by atoms with Crippen LogP contribution in [0.15, 0.2) is 253 Å². The van der Waals surface area contributed by atoms with Crippen LogP contribution in [0.1, 0.15) is 47.6 Å². The average molecular weight is 881 g/mol. The van der Waals surface area contributed by atoms with E-state index >= 15 is 0 Å². The van der Waals surface area contributed by atoms with Crippen LogP contribution in [-0.4, -0.2) is 0 Å². The topological polar surface area (TPSA) is 13.1 Å². The third kappa shape index (κ3) is 7.18. The molecule has 1 aromatic heterocycles. The average Bonchev–Trinajstić information content (AvgIpc) is 3.90. The van der Waals surface area contributed by atoms with Crippen molar-refractivity contribution in [1.29, 1.82) is 0 Å². The summed E-state index contributed by atoms with van der Waals surface area (Å²) in [5.41, 5.74) is 23.0. The summed E-state index contributed by atoms with van der Waals surface area (Å²) < 4.78 is 6.11. The molecule has 1 heteroatoms. The minimum absolute atomic E-state index is 0.0304. The second-order valence-corrected chi connectivity index (χ2v) is 19.3. The summed E-state index contributed by atoms with van der Waals surface area (Å²) in [5, 5.41) is 4.83. The SMILES string of the molecule is CC1(C)c2cc(-c3ccc4ccccc4c3)ccc2-c2ccc(C(c3ccc(-c4ccc(-c5ccccc5)cc4)cc3)c3ccc(-c4ccc(-c5ccc6oc7ccccc7c6c5)cc4)cc3)cc21. The Labute approximate surface area is 403 Å². The Kier molecular flexibility index (Phi) is 9.66. The molecule has 0 saturated carbocycles. The number of benzene rings is 11. The molecule has 326 valence electrons. The zero-order valence-corrected chi connectivity index (χ0v) is 38.7. The standard InChI is InChI=1S/C68H48O/c1-68(2)63-42-57(55-33-28-45-12-6-7-13-54(45)40-55)34-37-59(63)60-38-35-58(43-64(60)68)67(52-29-24-49(25-30-52)47-18-16-46(17-19-47)44-10-4-3-5-11-44)53-31-26-50(27-32-53)48-20-22-51(23-21-48)56-36-39-66-62(41-56)61-14-8-9-15-65(61)69-66/h3-43,67H,1-2H3.